The van der Waals surface area contributed by atoms with E-state index in [1.165, 1.54) is 6.92 Å². The van der Waals surface area contributed by atoms with E-state index in [9.17, 15) is 9.59 Å². The lowest BCUT2D eigenvalue weighted by Crippen LogP contribution is -2.20. The molecule has 116 valence electrons. The quantitative estimate of drug-likeness (QED) is 0.772. The molecule has 2 N–H and O–H groups in total. The molecular formula is C17H21N3O2. The minimum absolute atomic E-state index is 0.00215. The molecule has 0 saturated heterocycles. The van der Waals surface area contributed by atoms with Crippen LogP contribution in [0.3, 0.4) is 0 Å². The number of carbonyl (C=O) groups excluding carboxylic acids is 2. The third-order valence-electron chi connectivity index (χ3n) is 3.36. The largest absolute Gasteiger partial charge is 0.356 e. The molecule has 0 saturated carbocycles. The summed E-state index contributed by atoms with van der Waals surface area (Å²) in [5, 5.41) is 6.68. The van der Waals surface area contributed by atoms with Crippen molar-refractivity contribution in [2.24, 2.45) is 0 Å². The number of aromatic nitrogens is 1. The van der Waals surface area contributed by atoms with Crippen LogP contribution in [0.15, 0.2) is 36.5 Å². The highest BCUT2D eigenvalue weighted by molar-refractivity contribution is 6.00. The highest BCUT2D eigenvalue weighted by Gasteiger charge is 2.06. The lowest BCUT2D eigenvalue weighted by atomic mass is 10.1. The molecule has 5 heteroatoms. The van der Waals surface area contributed by atoms with Crippen LogP contribution >= 0.6 is 0 Å². The van der Waals surface area contributed by atoms with E-state index in [-0.39, 0.29) is 11.8 Å². The molecule has 0 radical (unpaired) electrons. The number of amides is 2. The fourth-order valence-corrected chi connectivity index (χ4v) is 2.27. The molecule has 0 spiro atoms. The van der Waals surface area contributed by atoms with Gasteiger partial charge in [-0.15, -0.1) is 0 Å². The van der Waals surface area contributed by atoms with Crippen LogP contribution in [0.1, 0.15) is 32.6 Å². The molecule has 1 heterocycles. The average molecular weight is 299 g/mol. The predicted molar refractivity (Wildman–Crippen MR) is 87.5 cm³/mol. The zero-order valence-corrected chi connectivity index (χ0v) is 12.8. The standard InChI is InChI=1S/C17H21N3O2/c1-13(21)18-11-4-2-3-10-16(22)20-15-9-5-7-14-8-6-12-19-17(14)15/h5-9,12H,2-4,10-11H2,1H3,(H,18,21)(H,20,22). The van der Waals surface area contributed by atoms with Gasteiger partial charge in [-0.05, 0) is 25.0 Å². The van der Waals surface area contributed by atoms with Crippen LogP contribution in [0.5, 0.6) is 0 Å². The number of nitrogens with zero attached hydrogens (tertiary/aromatic N) is 1. The van der Waals surface area contributed by atoms with Crippen molar-refractivity contribution < 1.29 is 9.59 Å². The monoisotopic (exact) mass is 299 g/mol. The molecule has 22 heavy (non-hydrogen) atoms. The van der Waals surface area contributed by atoms with Gasteiger partial charge < -0.3 is 10.6 Å². The summed E-state index contributed by atoms with van der Waals surface area (Å²) >= 11 is 0. The van der Waals surface area contributed by atoms with Gasteiger partial charge in [-0.2, -0.15) is 0 Å². The van der Waals surface area contributed by atoms with Crippen molar-refractivity contribution >= 4 is 28.4 Å². The summed E-state index contributed by atoms with van der Waals surface area (Å²) < 4.78 is 0. The third kappa shape index (κ3) is 4.84. The molecule has 0 aliphatic carbocycles. The number of fused-ring (bicyclic) bond motifs is 1. The van der Waals surface area contributed by atoms with Crippen LogP contribution in [0.2, 0.25) is 0 Å². The molecule has 0 unspecified atom stereocenters. The maximum absolute atomic E-state index is 12.0. The number of hydrogen-bond donors (Lipinski definition) is 2. The number of unbranched alkanes of at least 4 members (excludes halogenated alkanes) is 2. The fraction of sp³-hybridized carbons (Fsp3) is 0.353. The molecule has 0 aliphatic rings. The summed E-state index contributed by atoms with van der Waals surface area (Å²) in [7, 11) is 0. The summed E-state index contributed by atoms with van der Waals surface area (Å²) in [6.07, 6.45) is 4.82. The van der Waals surface area contributed by atoms with Gasteiger partial charge in [-0.1, -0.05) is 24.6 Å². The number of pyridine rings is 1. The lowest BCUT2D eigenvalue weighted by molar-refractivity contribution is -0.119. The Kier molecular flexibility index (Phi) is 5.89. The summed E-state index contributed by atoms with van der Waals surface area (Å²) in [4.78, 5) is 27.0. The minimum Gasteiger partial charge on any atom is -0.356 e. The Balaban J connectivity index is 1.78. The summed E-state index contributed by atoms with van der Waals surface area (Å²) in [6, 6.07) is 9.60. The molecule has 0 bridgehead atoms. The number of nitrogens with one attached hydrogen (secondary N) is 2. The molecule has 2 amide bonds. The predicted octanol–water partition coefficient (Wildman–Crippen LogP) is 2.87. The first-order valence-electron chi connectivity index (χ1n) is 7.55. The van der Waals surface area contributed by atoms with Crippen LogP contribution < -0.4 is 10.6 Å². The number of anilines is 1. The van der Waals surface area contributed by atoms with Gasteiger partial charge >= 0.3 is 0 Å². The first kappa shape index (κ1) is 15.9. The van der Waals surface area contributed by atoms with Crippen molar-refractivity contribution in [1.29, 1.82) is 0 Å². The Morgan fingerprint density at radius 3 is 2.73 bits per heavy atom. The van der Waals surface area contributed by atoms with Gasteiger partial charge in [-0.25, -0.2) is 0 Å². The van der Waals surface area contributed by atoms with E-state index < -0.39 is 0 Å². The van der Waals surface area contributed by atoms with Gasteiger partial charge in [0.1, 0.15) is 0 Å². The summed E-state index contributed by atoms with van der Waals surface area (Å²) in [5.41, 5.74) is 1.56. The number of benzene rings is 1. The van der Waals surface area contributed by atoms with Crippen LogP contribution in [0.25, 0.3) is 10.9 Å². The van der Waals surface area contributed by atoms with Crippen molar-refractivity contribution in [2.45, 2.75) is 32.6 Å². The highest BCUT2D eigenvalue weighted by atomic mass is 16.2. The fourth-order valence-electron chi connectivity index (χ4n) is 2.27. The first-order valence-corrected chi connectivity index (χ1v) is 7.55. The van der Waals surface area contributed by atoms with E-state index in [1.807, 2.05) is 30.3 Å². The molecule has 5 nitrogen and oxygen atoms in total. The van der Waals surface area contributed by atoms with Gasteiger partial charge in [0.05, 0.1) is 11.2 Å². The Labute approximate surface area is 130 Å². The number of hydrogen-bond acceptors (Lipinski definition) is 3. The van der Waals surface area contributed by atoms with Gasteiger partial charge in [-0.3, -0.25) is 14.6 Å². The smallest absolute Gasteiger partial charge is 0.224 e. The number of carbonyl (C=O) groups is 2. The number of para-hydroxylation sites is 1. The second kappa shape index (κ2) is 8.12. The van der Waals surface area contributed by atoms with Crippen LogP contribution in [0, 0.1) is 0 Å². The molecule has 0 fully saturated rings. The Morgan fingerprint density at radius 1 is 1.09 bits per heavy atom. The second-order valence-electron chi connectivity index (χ2n) is 5.22. The molecule has 2 aromatic rings. The van der Waals surface area contributed by atoms with E-state index >= 15 is 0 Å². The maximum atomic E-state index is 12.0. The molecular weight excluding hydrogens is 278 g/mol. The number of rotatable bonds is 7. The van der Waals surface area contributed by atoms with Gasteiger partial charge in [0.15, 0.2) is 0 Å². The van der Waals surface area contributed by atoms with E-state index in [1.54, 1.807) is 6.20 Å². The van der Waals surface area contributed by atoms with Crippen molar-refractivity contribution in [1.82, 2.24) is 10.3 Å². The van der Waals surface area contributed by atoms with Gasteiger partial charge in [0, 0.05) is 31.5 Å². The van der Waals surface area contributed by atoms with Crippen molar-refractivity contribution in [3.05, 3.63) is 36.5 Å². The minimum atomic E-state index is -0.0128. The van der Waals surface area contributed by atoms with Gasteiger partial charge in [0.25, 0.3) is 0 Å². The molecule has 0 aliphatic heterocycles. The van der Waals surface area contributed by atoms with Crippen molar-refractivity contribution in [3.63, 3.8) is 0 Å². The Morgan fingerprint density at radius 2 is 1.91 bits per heavy atom. The summed E-state index contributed by atoms with van der Waals surface area (Å²) in [6.45, 7) is 2.18. The zero-order chi connectivity index (χ0) is 15.8. The van der Waals surface area contributed by atoms with Crippen molar-refractivity contribution in [2.75, 3.05) is 11.9 Å². The van der Waals surface area contributed by atoms with Crippen LogP contribution in [-0.2, 0) is 9.59 Å². The molecule has 2 rings (SSSR count). The third-order valence-corrected chi connectivity index (χ3v) is 3.36. The zero-order valence-electron chi connectivity index (χ0n) is 12.8. The topological polar surface area (TPSA) is 71.1 Å². The van der Waals surface area contributed by atoms with Crippen LogP contribution in [0.4, 0.5) is 5.69 Å². The van der Waals surface area contributed by atoms with Crippen LogP contribution in [-0.4, -0.2) is 23.3 Å². The van der Waals surface area contributed by atoms with Crippen molar-refractivity contribution in [3.8, 4) is 0 Å². The van der Waals surface area contributed by atoms with E-state index in [0.717, 1.165) is 35.9 Å². The average Bonchev–Trinajstić information content (AvgIpc) is 2.51. The lowest BCUT2D eigenvalue weighted by Gasteiger charge is -2.08. The Bertz CT molecular complexity index is 650. The summed E-state index contributed by atoms with van der Waals surface area (Å²) in [5.74, 6) is -0.0149. The molecule has 1 aromatic heterocycles. The maximum Gasteiger partial charge on any atom is 0.224 e. The van der Waals surface area contributed by atoms with E-state index in [2.05, 4.69) is 15.6 Å². The molecule has 0 atom stereocenters. The first-order chi connectivity index (χ1) is 10.7. The molecule has 1 aromatic carbocycles. The second-order valence-corrected chi connectivity index (χ2v) is 5.22. The van der Waals surface area contributed by atoms with Gasteiger partial charge in [0.2, 0.25) is 11.8 Å². The highest BCUT2D eigenvalue weighted by Crippen LogP contribution is 2.20. The Hall–Kier alpha value is -2.43. The van der Waals surface area contributed by atoms with E-state index in [4.69, 9.17) is 0 Å². The normalized spacial score (nSPS) is 10.4. The SMILES string of the molecule is CC(=O)NCCCCCC(=O)Nc1cccc2cccnc12. The van der Waals surface area contributed by atoms with E-state index in [0.29, 0.717) is 13.0 Å².